The summed E-state index contributed by atoms with van der Waals surface area (Å²) in [5.41, 5.74) is 0.780. The van der Waals surface area contributed by atoms with Gasteiger partial charge in [-0.3, -0.25) is 4.98 Å². The first-order valence-electron chi connectivity index (χ1n) is 8.12. The van der Waals surface area contributed by atoms with Gasteiger partial charge in [0.15, 0.2) is 0 Å². The average molecular weight is 394 g/mol. The second kappa shape index (κ2) is 7.32. The van der Waals surface area contributed by atoms with Crippen molar-refractivity contribution in [1.82, 2.24) is 24.2 Å². The van der Waals surface area contributed by atoms with Gasteiger partial charge in [0, 0.05) is 50.7 Å². The number of hydrogen-bond donors (Lipinski definition) is 1. The van der Waals surface area contributed by atoms with Crippen LogP contribution in [0.2, 0.25) is 0 Å². The molecule has 1 atom stereocenters. The molecule has 3 heterocycles. The number of piperazine rings is 1. The van der Waals surface area contributed by atoms with Crippen LogP contribution in [0.5, 0.6) is 0 Å². The minimum Gasteiger partial charge on any atom is -0.337 e. The molecule has 1 fully saturated rings. The number of nitrogens with one attached hydrogen (secondary N) is 1. The van der Waals surface area contributed by atoms with Crippen LogP contribution in [-0.4, -0.2) is 46.9 Å². The van der Waals surface area contributed by atoms with Gasteiger partial charge in [0.05, 0.1) is 11.6 Å². The number of sulfonamides is 1. The molecule has 0 aliphatic carbocycles. The highest BCUT2D eigenvalue weighted by atomic mass is 35.5. The number of hydrogen-bond acceptors (Lipinski definition) is 5. The molecular formula is C17H20ClN5O2S. The lowest BCUT2D eigenvalue weighted by Gasteiger charge is -2.34. The molecule has 7 nitrogen and oxygen atoms in total. The summed E-state index contributed by atoms with van der Waals surface area (Å²) in [7, 11) is -1.79. The fourth-order valence-corrected chi connectivity index (χ4v) is 4.79. The molecule has 0 spiro atoms. The first kappa shape index (κ1) is 18.8. The Labute approximate surface area is 158 Å². The van der Waals surface area contributed by atoms with Gasteiger partial charge in [-0.05, 0) is 12.1 Å². The van der Waals surface area contributed by atoms with Crippen molar-refractivity contribution in [1.29, 1.82) is 0 Å². The number of pyridine rings is 1. The lowest BCUT2D eigenvalue weighted by molar-refractivity contribution is 0.258. The highest BCUT2D eigenvalue weighted by Gasteiger charge is 2.36. The molecule has 4 rings (SSSR count). The molecule has 0 bridgehead atoms. The topological polar surface area (TPSA) is 80.1 Å². The fraction of sp³-hybridized carbons (Fsp3) is 0.294. The van der Waals surface area contributed by atoms with Gasteiger partial charge in [0.2, 0.25) is 10.0 Å². The quantitative estimate of drug-likeness (QED) is 0.733. The van der Waals surface area contributed by atoms with Crippen LogP contribution in [-0.2, 0) is 17.1 Å². The van der Waals surface area contributed by atoms with Gasteiger partial charge in [-0.1, -0.05) is 18.2 Å². The van der Waals surface area contributed by atoms with Crippen molar-refractivity contribution in [2.75, 3.05) is 19.6 Å². The Morgan fingerprint density at radius 2 is 2.04 bits per heavy atom. The maximum absolute atomic E-state index is 13.3. The Morgan fingerprint density at radius 3 is 2.81 bits per heavy atom. The van der Waals surface area contributed by atoms with Crippen molar-refractivity contribution in [3.05, 3.63) is 54.7 Å². The van der Waals surface area contributed by atoms with Crippen molar-refractivity contribution in [2.24, 2.45) is 7.05 Å². The molecule has 2 aromatic heterocycles. The second-order valence-corrected chi connectivity index (χ2v) is 7.99. The Bertz CT molecular complexity index is 1020. The maximum Gasteiger partial charge on any atom is 0.245 e. The summed E-state index contributed by atoms with van der Waals surface area (Å²) in [6.45, 7) is 1.54. The number of rotatable bonds is 3. The van der Waals surface area contributed by atoms with Gasteiger partial charge in [-0.15, -0.1) is 12.4 Å². The Kier molecular flexibility index (Phi) is 5.29. The smallest absolute Gasteiger partial charge is 0.245 e. The van der Waals surface area contributed by atoms with E-state index < -0.39 is 10.0 Å². The van der Waals surface area contributed by atoms with Crippen LogP contribution in [0, 0.1) is 0 Å². The zero-order chi connectivity index (χ0) is 17.4. The predicted octanol–water partition coefficient (Wildman–Crippen LogP) is 1.73. The zero-order valence-corrected chi connectivity index (χ0v) is 15.9. The lowest BCUT2D eigenvalue weighted by atomic mass is 10.2. The van der Waals surface area contributed by atoms with E-state index in [1.54, 1.807) is 12.3 Å². The Hall–Kier alpha value is -2.00. The van der Waals surface area contributed by atoms with E-state index in [1.807, 2.05) is 42.1 Å². The van der Waals surface area contributed by atoms with E-state index in [2.05, 4.69) is 15.3 Å². The number of nitrogens with zero attached hydrogens (tertiary/aromatic N) is 4. The van der Waals surface area contributed by atoms with Crippen molar-refractivity contribution >= 4 is 33.3 Å². The van der Waals surface area contributed by atoms with E-state index in [0.29, 0.717) is 19.6 Å². The minimum absolute atomic E-state index is 0. The van der Waals surface area contributed by atoms with Crippen LogP contribution in [0.3, 0.4) is 0 Å². The number of aromatic nitrogens is 3. The highest BCUT2D eigenvalue weighted by Crippen LogP contribution is 2.28. The fourth-order valence-electron chi connectivity index (χ4n) is 3.22. The van der Waals surface area contributed by atoms with Crippen LogP contribution >= 0.6 is 12.4 Å². The van der Waals surface area contributed by atoms with Gasteiger partial charge >= 0.3 is 0 Å². The van der Waals surface area contributed by atoms with Crippen LogP contribution in [0.15, 0.2) is 53.8 Å². The van der Waals surface area contributed by atoms with E-state index in [0.717, 1.165) is 16.7 Å². The van der Waals surface area contributed by atoms with Gasteiger partial charge < -0.3 is 9.88 Å². The van der Waals surface area contributed by atoms with E-state index in [-0.39, 0.29) is 23.3 Å². The Balaban J connectivity index is 0.00000196. The molecule has 1 unspecified atom stereocenters. The predicted molar refractivity (Wildman–Crippen MR) is 102 cm³/mol. The van der Waals surface area contributed by atoms with Crippen molar-refractivity contribution in [3.8, 4) is 0 Å². The van der Waals surface area contributed by atoms with E-state index in [1.165, 1.54) is 10.5 Å². The monoisotopic (exact) mass is 393 g/mol. The third kappa shape index (κ3) is 3.21. The number of benzene rings is 1. The number of para-hydroxylation sites is 1. The molecule has 138 valence electrons. The molecule has 1 saturated heterocycles. The van der Waals surface area contributed by atoms with Crippen molar-refractivity contribution < 1.29 is 8.42 Å². The van der Waals surface area contributed by atoms with Gasteiger partial charge in [-0.2, -0.15) is 4.31 Å². The van der Waals surface area contributed by atoms with Crippen LogP contribution in [0.25, 0.3) is 10.9 Å². The number of aryl methyl sites for hydroxylation is 1. The van der Waals surface area contributed by atoms with Crippen LogP contribution in [0.1, 0.15) is 11.9 Å². The van der Waals surface area contributed by atoms with E-state index >= 15 is 0 Å². The lowest BCUT2D eigenvalue weighted by Crippen LogP contribution is -2.49. The van der Waals surface area contributed by atoms with E-state index in [4.69, 9.17) is 0 Å². The van der Waals surface area contributed by atoms with Crippen molar-refractivity contribution in [2.45, 2.75) is 10.9 Å². The SMILES string of the molecule is Cl.Cn1ccnc1C1CNCCN1S(=O)(=O)c1cnc2ccccc2c1. The number of halogens is 1. The minimum atomic E-state index is -3.67. The maximum atomic E-state index is 13.3. The van der Waals surface area contributed by atoms with Crippen LogP contribution < -0.4 is 5.32 Å². The molecule has 0 saturated carbocycles. The van der Waals surface area contributed by atoms with Gasteiger partial charge in [0.1, 0.15) is 10.7 Å². The molecule has 1 aliphatic rings. The van der Waals surface area contributed by atoms with Crippen molar-refractivity contribution in [3.63, 3.8) is 0 Å². The van der Waals surface area contributed by atoms with Gasteiger partial charge in [0.25, 0.3) is 0 Å². The molecule has 0 amide bonds. The number of imidazole rings is 1. The molecule has 3 aromatic rings. The Morgan fingerprint density at radius 1 is 1.23 bits per heavy atom. The third-order valence-electron chi connectivity index (χ3n) is 4.52. The van der Waals surface area contributed by atoms with Gasteiger partial charge in [-0.25, -0.2) is 13.4 Å². The first-order chi connectivity index (χ1) is 12.1. The molecule has 1 aromatic carbocycles. The molecular weight excluding hydrogens is 374 g/mol. The molecule has 9 heteroatoms. The summed E-state index contributed by atoms with van der Waals surface area (Å²) in [6.07, 6.45) is 4.95. The first-order valence-corrected chi connectivity index (χ1v) is 9.56. The van der Waals surface area contributed by atoms with Crippen LogP contribution in [0.4, 0.5) is 0 Å². The second-order valence-electron chi connectivity index (χ2n) is 6.10. The summed E-state index contributed by atoms with van der Waals surface area (Å²) in [4.78, 5) is 8.87. The molecule has 26 heavy (non-hydrogen) atoms. The normalized spacial score (nSPS) is 18.6. The summed E-state index contributed by atoms with van der Waals surface area (Å²) >= 11 is 0. The largest absolute Gasteiger partial charge is 0.337 e. The third-order valence-corrected chi connectivity index (χ3v) is 6.40. The zero-order valence-electron chi connectivity index (χ0n) is 14.2. The van der Waals surface area contributed by atoms with E-state index in [9.17, 15) is 8.42 Å². The molecule has 1 aliphatic heterocycles. The summed E-state index contributed by atoms with van der Waals surface area (Å²) in [6, 6.07) is 8.85. The summed E-state index contributed by atoms with van der Waals surface area (Å²) in [5, 5.41) is 4.07. The highest BCUT2D eigenvalue weighted by molar-refractivity contribution is 7.89. The molecule has 1 N–H and O–H groups in total. The standard InChI is InChI=1S/C17H19N5O2S.ClH/c1-21-8-7-19-17(21)16-12-18-6-9-22(16)25(23,24)14-10-13-4-2-3-5-15(13)20-11-14;/h2-5,7-8,10-11,16,18H,6,9,12H2,1H3;1H. The average Bonchev–Trinajstić information content (AvgIpc) is 3.07. The summed E-state index contributed by atoms with van der Waals surface area (Å²) in [5.74, 6) is 0.726. The number of fused-ring (bicyclic) bond motifs is 1. The molecule has 0 radical (unpaired) electrons. The summed E-state index contributed by atoms with van der Waals surface area (Å²) < 4.78 is 29.9.